The number of furan rings is 1. The van der Waals surface area contributed by atoms with E-state index in [9.17, 15) is 4.79 Å². The molecule has 2 heterocycles. The predicted octanol–water partition coefficient (Wildman–Crippen LogP) is 3.50. The van der Waals surface area contributed by atoms with Crippen LogP contribution in [0.15, 0.2) is 22.6 Å². The summed E-state index contributed by atoms with van der Waals surface area (Å²) in [4.78, 5) is 11.1. The number of carbonyl (C=O) groups is 1. The Labute approximate surface area is 130 Å². The molecular formula is C15H13ClN2O4. The molecule has 3 rings (SSSR count). The van der Waals surface area contributed by atoms with E-state index in [1.807, 2.05) is 13.0 Å². The molecule has 0 saturated heterocycles. The molecule has 0 amide bonds. The molecule has 0 aliphatic heterocycles. The first-order valence-corrected chi connectivity index (χ1v) is 6.84. The maximum atomic E-state index is 11.1. The molecule has 0 saturated carbocycles. The van der Waals surface area contributed by atoms with Gasteiger partial charge in [0.25, 0.3) is 0 Å². The second kappa shape index (κ2) is 5.06. The lowest BCUT2D eigenvalue weighted by atomic mass is 10.1. The molecule has 114 valence electrons. The quantitative estimate of drug-likeness (QED) is 0.799. The Hall–Kier alpha value is -2.47. The van der Waals surface area contributed by atoms with E-state index in [0.29, 0.717) is 38.8 Å². The molecule has 6 nitrogen and oxygen atoms in total. The molecule has 0 fully saturated rings. The van der Waals surface area contributed by atoms with E-state index < -0.39 is 5.97 Å². The number of aromatic carboxylic acids is 1. The van der Waals surface area contributed by atoms with Crippen LogP contribution in [0.5, 0.6) is 5.75 Å². The van der Waals surface area contributed by atoms with Crippen molar-refractivity contribution in [2.75, 3.05) is 7.11 Å². The molecule has 0 aliphatic rings. The minimum atomic E-state index is -1.09. The van der Waals surface area contributed by atoms with Crippen molar-refractivity contribution >= 4 is 28.5 Å². The molecule has 3 aromatic rings. The number of fused-ring (bicyclic) bond motifs is 1. The standard InChI is InChI=1S/C15H13ClN2O4/c1-7-4-9-13(16)8(5-12(21-3)14(9)22-7)11-6-10(15(19)20)17-18(11)2/h4-6H,1-3H3,(H,19,20). The van der Waals surface area contributed by atoms with Gasteiger partial charge in [-0.1, -0.05) is 11.6 Å². The molecular weight excluding hydrogens is 308 g/mol. The number of aryl methyl sites for hydroxylation is 2. The number of hydrogen-bond acceptors (Lipinski definition) is 4. The Morgan fingerprint density at radius 3 is 2.73 bits per heavy atom. The van der Waals surface area contributed by atoms with Gasteiger partial charge in [-0.3, -0.25) is 4.68 Å². The van der Waals surface area contributed by atoms with Crippen LogP contribution in [-0.2, 0) is 7.05 Å². The Balaban J connectivity index is 2.31. The van der Waals surface area contributed by atoms with Crippen LogP contribution in [0, 0.1) is 6.92 Å². The van der Waals surface area contributed by atoms with E-state index in [2.05, 4.69) is 5.10 Å². The van der Waals surface area contributed by atoms with Gasteiger partial charge in [-0.15, -0.1) is 0 Å². The maximum absolute atomic E-state index is 11.1. The van der Waals surface area contributed by atoms with Crippen LogP contribution in [0.3, 0.4) is 0 Å². The number of methoxy groups -OCH3 is 1. The van der Waals surface area contributed by atoms with Gasteiger partial charge in [-0.2, -0.15) is 5.10 Å². The molecule has 1 N–H and O–H groups in total. The molecule has 2 aromatic heterocycles. The molecule has 7 heteroatoms. The van der Waals surface area contributed by atoms with Gasteiger partial charge in [0.1, 0.15) is 5.76 Å². The first-order valence-electron chi connectivity index (χ1n) is 6.46. The SMILES string of the molecule is COc1cc(-c2cc(C(=O)O)nn2C)c(Cl)c2cc(C)oc12. The second-order valence-electron chi connectivity index (χ2n) is 4.88. The summed E-state index contributed by atoms with van der Waals surface area (Å²) in [5.74, 6) is 0.148. The second-order valence-corrected chi connectivity index (χ2v) is 5.26. The molecule has 0 radical (unpaired) electrons. The number of carboxylic acids is 1. The fourth-order valence-corrected chi connectivity index (χ4v) is 2.72. The third-order valence-electron chi connectivity index (χ3n) is 3.42. The Kier molecular flexibility index (Phi) is 3.33. The van der Waals surface area contributed by atoms with Gasteiger partial charge in [-0.25, -0.2) is 4.79 Å². The van der Waals surface area contributed by atoms with Gasteiger partial charge in [0.05, 0.1) is 17.8 Å². The molecule has 0 atom stereocenters. The van der Waals surface area contributed by atoms with Crippen molar-refractivity contribution in [3.63, 3.8) is 0 Å². The third kappa shape index (κ3) is 2.12. The van der Waals surface area contributed by atoms with E-state index in [0.717, 1.165) is 0 Å². The van der Waals surface area contributed by atoms with Gasteiger partial charge >= 0.3 is 5.97 Å². The van der Waals surface area contributed by atoms with E-state index in [1.165, 1.54) is 17.9 Å². The summed E-state index contributed by atoms with van der Waals surface area (Å²) in [7, 11) is 3.20. The highest BCUT2D eigenvalue weighted by atomic mass is 35.5. The van der Waals surface area contributed by atoms with Crippen molar-refractivity contribution in [2.45, 2.75) is 6.92 Å². The average Bonchev–Trinajstić information content (AvgIpc) is 3.03. The van der Waals surface area contributed by atoms with E-state index >= 15 is 0 Å². The lowest BCUT2D eigenvalue weighted by Crippen LogP contribution is -1.99. The summed E-state index contributed by atoms with van der Waals surface area (Å²) in [5.41, 5.74) is 1.74. The number of carboxylic acid groups (broad SMARTS) is 1. The van der Waals surface area contributed by atoms with Crippen molar-refractivity contribution in [2.24, 2.45) is 7.05 Å². The largest absolute Gasteiger partial charge is 0.493 e. The zero-order chi connectivity index (χ0) is 16.0. The molecule has 0 aliphatic carbocycles. The summed E-state index contributed by atoms with van der Waals surface area (Å²) in [6.07, 6.45) is 0. The van der Waals surface area contributed by atoms with Crippen LogP contribution in [0.2, 0.25) is 5.02 Å². The van der Waals surface area contributed by atoms with E-state index in [4.69, 9.17) is 25.9 Å². The van der Waals surface area contributed by atoms with Crippen molar-refractivity contribution in [3.05, 3.63) is 34.7 Å². The Morgan fingerprint density at radius 1 is 1.41 bits per heavy atom. The van der Waals surface area contributed by atoms with Crippen molar-refractivity contribution in [1.82, 2.24) is 9.78 Å². The Bertz CT molecular complexity index is 895. The number of rotatable bonds is 3. The highest BCUT2D eigenvalue weighted by molar-refractivity contribution is 6.38. The molecule has 22 heavy (non-hydrogen) atoms. The maximum Gasteiger partial charge on any atom is 0.356 e. The summed E-state index contributed by atoms with van der Waals surface area (Å²) >= 11 is 6.48. The number of ether oxygens (including phenoxy) is 1. The summed E-state index contributed by atoms with van der Waals surface area (Å²) in [5, 5.41) is 14.2. The van der Waals surface area contributed by atoms with E-state index in [1.54, 1.807) is 13.1 Å². The minimum absolute atomic E-state index is 0.0454. The van der Waals surface area contributed by atoms with Gasteiger partial charge in [-0.05, 0) is 25.1 Å². The lowest BCUT2D eigenvalue weighted by molar-refractivity contribution is 0.0689. The van der Waals surface area contributed by atoms with E-state index in [-0.39, 0.29) is 5.69 Å². The van der Waals surface area contributed by atoms with Crippen LogP contribution < -0.4 is 4.74 Å². The number of halogens is 1. The fourth-order valence-electron chi connectivity index (χ4n) is 2.43. The number of nitrogens with zero attached hydrogens (tertiary/aromatic N) is 2. The monoisotopic (exact) mass is 320 g/mol. The smallest absolute Gasteiger partial charge is 0.356 e. The van der Waals surface area contributed by atoms with Gasteiger partial charge in [0.15, 0.2) is 17.0 Å². The molecule has 0 unspecified atom stereocenters. The topological polar surface area (TPSA) is 77.5 Å². The van der Waals surface area contributed by atoms with Crippen LogP contribution in [0.25, 0.3) is 22.2 Å². The van der Waals surface area contributed by atoms with Crippen LogP contribution in [0.1, 0.15) is 16.2 Å². The minimum Gasteiger partial charge on any atom is -0.493 e. The Morgan fingerprint density at radius 2 is 2.14 bits per heavy atom. The zero-order valence-corrected chi connectivity index (χ0v) is 12.9. The van der Waals surface area contributed by atoms with Crippen molar-refractivity contribution in [1.29, 1.82) is 0 Å². The van der Waals surface area contributed by atoms with Gasteiger partial charge < -0.3 is 14.3 Å². The fraction of sp³-hybridized carbons (Fsp3) is 0.200. The predicted molar refractivity (Wildman–Crippen MR) is 81.7 cm³/mol. The first-order chi connectivity index (χ1) is 10.4. The highest BCUT2D eigenvalue weighted by Crippen LogP contribution is 2.41. The van der Waals surface area contributed by atoms with Crippen molar-refractivity contribution in [3.8, 4) is 17.0 Å². The summed E-state index contributed by atoms with van der Waals surface area (Å²) < 4.78 is 12.4. The van der Waals surface area contributed by atoms with Crippen molar-refractivity contribution < 1.29 is 19.1 Å². The molecule has 0 spiro atoms. The number of benzene rings is 1. The summed E-state index contributed by atoms with van der Waals surface area (Å²) in [6.45, 7) is 1.82. The van der Waals surface area contributed by atoms with Crippen LogP contribution >= 0.6 is 11.6 Å². The lowest BCUT2D eigenvalue weighted by Gasteiger charge is -2.09. The molecule has 1 aromatic carbocycles. The number of aromatic nitrogens is 2. The normalized spacial score (nSPS) is 11.1. The first kappa shape index (κ1) is 14.5. The number of hydrogen-bond donors (Lipinski definition) is 1. The van der Waals surface area contributed by atoms with Gasteiger partial charge in [0, 0.05) is 18.0 Å². The van der Waals surface area contributed by atoms with Gasteiger partial charge in [0.2, 0.25) is 0 Å². The summed E-state index contributed by atoms with van der Waals surface area (Å²) in [6, 6.07) is 5.01. The zero-order valence-electron chi connectivity index (χ0n) is 12.2. The third-order valence-corrected chi connectivity index (χ3v) is 3.83. The highest BCUT2D eigenvalue weighted by Gasteiger charge is 2.20. The van der Waals surface area contributed by atoms with Crippen LogP contribution in [-0.4, -0.2) is 28.0 Å². The average molecular weight is 321 g/mol. The molecule has 0 bridgehead atoms. The van der Waals surface area contributed by atoms with Crippen LogP contribution in [0.4, 0.5) is 0 Å².